The fourth-order valence-corrected chi connectivity index (χ4v) is 2.90. The standard InChI is InChI=1S/C20H27BrN4/c1-15-9-5-6-10-18(15)16(2)13-20(23-12-8-7-11-22-4)25-17(3)19(21)14-24-25/h5-6,9-10,13-14,22-23H,2,7-8,11-12H2,1,3-4H3/b20-13-. The van der Waals surface area contributed by atoms with Crippen LogP contribution in [-0.2, 0) is 0 Å². The lowest BCUT2D eigenvalue weighted by Crippen LogP contribution is -2.21. The monoisotopic (exact) mass is 402 g/mol. The molecule has 2 rings (SSSR count). The van der Waals surface area contributed by atoms with Gasteiger partial charge in [0.1, 0.15) is 5.82 Å². The number of allylic oxidation sites excluding steroid dienone is 2. The third-order valence-corrected chi connectivity index (χ3v) is 4.92. The fraction of sp³-hybridized carbons (Fsp3) is 0.350. The number of hydrogen-bond donors (Lipinski definition) is 2. The van der Waals surface area contributed by atoms with Crippen molar-refractivity contribution < 1.29 is 0 Å². The Labute approximate surface area is 159 Å². The van der Waals surface area contributed by atoms with Crippen molar-refractivity contribution in [2.24, 2.45) is 0 Å². The van der Waals surface area contributed by atoms with Crippen molar-refractivity contribution >= 4 is 27.3 Å². The summed E-state index contributed by atoms with van der Waals surface area (Å²) in [7, 11) is 1.98. The van der Waals surface area contributed by atoms with E-state index in [4.69, 9.17) is 0 Å². The molecule has 2 N–H and O–H groups in total. The summed E-state index contributed by atoms with van der Waals surface area (Å²) in [6, 6.07) is 8.30. The SMILES string of the molecule is C=C(/C=C(/NCCCCNC)n1ncc(Br)c1C)c1ccccc1C. The molecule has 25 heavy (non-hydrogen) atoms. The molecule has 1 heterocycles. The molecule has 134 valence electrons. The summed E-state index contributed by atoms with van der Waals surface area (Å²) < 4.78 is 2.92. The summed E-state index contributed by atoms with van der Waals surface area (Å²) in [5.74, 6) is 0.945. The van der Waals surface area contributed by atoms with E-state index < -0.39 is 0 Å². The van der Waals surface area contributed by atoms with E-state index in [1.165, 1.54) is 5.56 Å². The molecule has 0 saturated heterocycles. The Morgan fingerprint density at radius 3 is 2.60 bits per heavy atom. The van der Waals surface area contributed by atoms with E-state index in [1.807, 2.05) is 37.0 Å². The van der Waals surface area contributed by atoms with Crippen LogP contribution in [0.1, 0.15) is 29.7 Å². The van der Waals surface area contributed by atoms with Gasteiger partial charge in [0.05, 0.1) is 16.4 Å². The molecule has 2 aromatic rings. The highest BCUT2D eigenvalue weighted by molar-refractivity contribution is 9.10. The molecule has 0 aliphatic rings. The summed E-state index contributed by atoms with van der Waals surface area (Å²) in [6.07, 6.45) is 6.13. The van der Waals surface area contributed by atoms with E-state index in [0.717, 1.165) is 53.1 Å². The topological polar surface area (TPSA) is 41.9 Å². The summed E-state index contributed by atoms with van der Waals surface area (Å²) in [5, 5.41) is 11.2. The zero-order valence-electron chi connectivity index (χ0n) is 15.3. The molecule has 0 aliphatic carbocycles. The lowest BCUT2D eigenvalue weighted by molar-refractivity contribution is 0.645. The Morgan fingerprint density at radius 2 is 1.96 bits per heavy atom. The number of unbranched alkanes of at least 4 members (excludes halogenated alkanes) is 1. The van der Waals surface area contributed by atoms with Crippen LogP contribution >= 0.6 is 15.9 Å². The van der Waals surface area contributed by atoms with Crippen molar-refractivity contribution in [3.63, 3.8) is 0 Å². The Balaban J connectivity index is 2.23. The molecule has 1 aromatic carbocycles. The number of benzene rings is 1. The van der Waals surface area contributed by atoms with Crippen LogP contribution in [0, 0.1) is 13.8 Å². The minimum atomic E-state index is 0.894. The first-order valence-electron chi connectivity index (χ1n) is 8.60. The summed E-state index contributed by atoms with van der Waals surface area (Å²) in [6.45, 7) is 10.3. The third-order valence-electron chi connectivity index (χ3n) is 4.14. The van der Waals surface area contributed by atoms with E-state index in [1.54, 1.807) is 0 Å². The van der Waals surface area contributed by atoms with Crippen LogP contribution in [0.2, 0.25) is 0 Å². The maximum absolute atomic E-state index is 4.49. The molecule has 4 nitrogen and oxygen atoms in total. The number of aromatic nitrogens is 2. The molecule has 0 saturated carbocycles. The zero-order valence-corrected chi connectivity index (χ0v) is 16.9. The van der Waals surface area contributed by atoms with Crippen LogP contribution < -0.4 is 10.6 Å². The van der Waals surface area contributed by atoms with Gasteiger partial charge in [0.2, 0.25) is 0 Å². The zero-order chi connectivity index (χ0) is 18.2. The van der Waals surface area contributed by atoms with Crippen molar-refractivity contribution in [2.75, 3.05) is 20.1 Å². The first-order valence-corrected chi connectivity index (χ1v) is 9.39. The third kappa shape index (κ3) is 5.31. The molecular formula is C20H27BrN4. The summed E-state index contributed by atoms with van der Waals surface area (Å²) in [4.78, 5) is 0. The smallest absolute Gasteiger partial charge is 0.128 e. The highest BCUT2D eigenvalue weighted by Crippen LogP contribution is 2.22. The van der Waals surface area contributed by atoms with E-state index in [0.29, 0.717) is 0 Å². The molecule has 0 atom stereocenters. The first kappa shape index (κ1) is 19.5. The van der Waals surface area contributed by atoms with Crippen molar-refractivity contribution in [1.29, 1.82) is 0 Å². The van der Waals surface area contributed by atoms with Gasteiger partial charge in [-0.05, 0) is 79.0 Å². The lowest BCUT2D eigenvalue weighted by atomic mass is 10.0. The van der Waals surface area contributed by atoms with Gasteiger partial charge in [-0.2, -0.15) is 5.10 Å². The number of halogens is 1. The molecular weight excluding hydrogens is 376 g/mol. The number of nitrogens with zero attached hydrogens (tertiary/aromatic N) is 2. The van der Waals surface area contributed by atoms with Crippen molar-refractivity contribution in [3.05, 3.63) is 64.4 Å². The highest BCUT2D eigenvalue weighted by Gasteiger charge is 2.10. The Kier molecular flexibility index (Phi) is 7.47. The lowest BCUT2D eigenvalue weighted by Gasteiger charge is -2.15. The molecule has 1 aromatic heterocycles. The second-order valence-electron chi connectivity index (χ2n) is 6.10. The van der Waals surface area contributed by atoms with Crippen LogP contribution in [0.4, 0.5) is 0 Å². The Morgan fingerprint density at radius 1 is 1.24 bits per heavy atom. The van der Waals surface area contributed by atoms with Gasteiger partial charge in [0.25, 0.3) is 0 Å². The summed E-state index contributed by atoms with van der Waals surface area (Å²) in [5.41, 5.74) is 4.41. The van der Waals surface area contributed by atoms with Crippen LogP contribution in [0.25, 0.3) is 11.4 Å². The number of nitrogens with one attached hydrogen (secondary N) is 2. The van der Waals surface area contributed by atoms with Crippen molar-refractivity contribution in [1.82, 2.24) is 20.4 Å². The maximum atomic E-state index is 4.49. The molecule has 0 radical (unpaired) electrons. The molecule has 0 unspecified atom stereocenters. The van der Waals surface area contributed by atoms with E-state index in [9.17, 15) is 0 Å². The van der Waals surface area contributed by atoms with Crippen LogP contribution in [0.3, 0.4) is 0 Å². The molecule has 0 amide bonds. The molecule has 5 heteroatoms. The highest BCUT2D eigenvalue weighted by atomic mass is 79.9. The second-order valence-corrected chi connectivity index (χ2v) is 6.95. The van der Waals surface area contributed by atoms with Gasteiger partial charge in [0, 0.05) is 6.54 Å². The van der Waals surface area contributed by atoms with Crippen molar-refractivity contribution in [2.45, 2.75) is 26.7 Å². The second kappa shape index (κ2) is 9.59. The number of hydrogen-bond acceptors (Lipinski definition) is 3. The molecule has 0 aliphatic heterocycles. The van der Waals surface area contributed by atoms with Crippen LogP contribution in [-0.4, -0.2) is 29.9 Å². The minimum Gasteiger partial charge on any atom is -0.370 e. The van der Waals surface area contributed by atoms with E-state index in [2.05, 4.69) is 63.4 Å². The number of aryl methyl sites for hydroxylation is 1. The predicted molar refractivity (Wildman–Crippen MR) is 110 cm³/mol. The number of rotatable bonds is 9. The Hall–Kier alpha value is -1.85. The normalized spacial score (nSPS) is 11.6. The minimum absolute atomic E-state index is 0.894. The van der Waals surface area contributed by atoms with Gasteiger partial charge in [-0.15, -0.1) is 0 Å². The van der Waals surface area contributed by atoms with E-state index >= 15 is 0 Å². The fourth-order valence-electron chi connectivity index (χ4n) is 2.64. The van der Waals surface area contributed by atoms with Crippen LogP contribution in [0.5, 0.6) is 0 Å². The summed E-state index contributed by atoms with van der Waals surface area (Å²) >= 11 is 3.54. The quantitative estimate of drug-likeness (QED) is 0.483. The van der Waals surface area contributed by atoms with Crippen molar-refractivity contribution in [3.8, 4) is 0 Å². The Bertz CT molecular complexity index is 746. The predicted octanol–water partition coefficient (Wildman–Crippen LogP) is 4.36. The largest absolute Gasteiger partial charge is 0.370 e. The van der Waals surface area contributed by atoms with Gasteiger partial charge in [-0.3, -0.25) is 0 Å². The molecule has 0 bridgehead atoms. The van der Waals surface area contributed by atoms with Gasteiger partial charge in [-0.25, -0.2) is 4.68 Å². The van der Waals surface area contributed by atoms with Crippen LogP contribution in [0.15, 0.2) is 47.6 Å². The van der Waals surface area contributed by atoms with Gasteiger partial charge < -0.3 is 10.6 Å². The van der Waals surface area contributed by atoms with Gasteiger partial charge in [0.15, 0.2) is 0 Å². The van der Waals surface area contributed by atoms with E-state index in [-0.39, 0.29) is 0 Å². The first-order chi connectivity index (χ1) is 12.0. The average Bonchev–Trinajstić information content (AvgIpc) is 2.93. The average molecular weight is 403 g/mol. The van der Waals surface area contributed by atoms with Gasteiger partial charge in [-0.1, -0.05) is 30.8 Å². The van der Waals surface area contributed by atoms with Gasteiger partial charge >= 0.3 is 0 Å². The maximum Gasteiger partial charge on any atom is 0.128 e. The molecule has 0 fully saturated rings. The molecule has 0 spiro atoms.